The Kier molecular flexibility index (Phi) is 6.19. The molecule has 0 unspecified atom stereocenters. The first kappa shape index (κ1) is 18.3. The summed E-state index contributed by atoms with van der Waals surface area (Å²) in [4.78, 5) is 19.3. The zero-order chi connectivity index (χ0) is 17.7. The summed E-state index contributed by atoms with van der Waals surface area (Å²) < 4.78 is 1.61. The molecule has 7 heteroatoms. The van der Waals surface area contributed by atoms with Gasteiger partial charge in [0.05, 0.1) is 23.4 Å². The topological polar surface area (TPSA) is 82.5 Å². The average Bonchev–Trinajstić information content (AvgIpc) is 2.85. The molecule has 0 bridgehead atoms. The zero-order valence-corrected chi connectivity index (χ0v) is 15.3. The molecule has 2 rings (SSSR count). The molecule has 0 amide bonds. The van der Waals surface area contributed by atoms with E-state index in [1.807, 2.05) is 13.8 Å². The number of fused-ring (bicyclic) bond motifs is 1. The quantitative estimate of drug-likeness (QED) is 0.427. The third kappa shape index (κ3) is 3.69. The number of allylic oxidation sites excluding steroid dienone is 1. The molecule has 2 heterocycles. The molecule has 0 aliphatic carbocycles. The van der Waals surface area contributed by atoms with Crippen LogP contribution >= 0.6 is 23.1 Å². The van der Waals surface area contributed by atoms with Crippen LogP contribution in [-0.4, -0.2) is 15.3 Å². The normalized spacial score (nSPS) is 11.8. The molecule has 24 heavy (non-hydrogen) atoms. The number of nitriles is 2. The number of rotatable bonds is 7. The van der Waals surface area contributed by atoms with Gasteiger partial charge in [0.25, 0.3) is 5.56 Å². The maximum atomic E-state index is 12.8. The summed E-state index contributed by atoms with van der Waals surface area (Å²) in [5.41, 5.74) is 0.917. The van der Waals surface area contributed by atoms with Crippen LogP contribution < -0.4 is 5.56 Å². The van der Waals surface area contributed by atoms with Crippen LogP contribution in [0.3, 0.4) is 0 Å². The Bertz CT molecular complexity index is 898. The lowest BCUT2D eigenvalue weighted by atomic mass is 10.1. The Morgan fingerprint density at radius 2 is 2.21 bits per heavy atom. The van der Waals surface area contributed by atoms with E-state index < -0.39 is 0 Å². The van der Waals surface area contributed by atoms with Crippen LogP contribution in [0.5, 0.6) is 0 Å². The van der Waals surface area contributed by atoms with Crippen molar-refractivity contribution in [3.63, 3.8) is 0 Å². The van der Waals surface area contributed by atoms with Gasteiger partial charge in [-0.3, -0.25) is 9.36 Å². The fourth-order valence-electron chi connectivity index (χ4n) is 2.31. The maximum Gasteiger partial charge on any atom is 0.263 e. The Hall–Kier alpha value is -2.09. The van der Waals surface area contributed by atoms with Gasteiger partial charge >= 0.3 is 0 Å². The van der Waals surface area contributed by atoms with Crippen molar-refractivity contribution in [2.75, 3.05) is 5.75 Å². The van der Waals surface area contributed by atoms with Crippen LogP contribution in [0.4, 0.5) is 0 Å². The first-order valence-electron chi connectivity index (χ1n) is 7.54. The lowest BCUT2D eigenvalue weighted by Crippen LogP contribution is -2.23. The van der Waals surface area contributed by atoms with Crippen molar-refractivity contribution < 1.29 is 0 Å². The molecule has 5 nitrogen and oxygen atoms in total. The van der Waals surface area contributed by atoms with Crippen molar-refractivity contribution >= 4 is 33.3 Å². The van der Waals surface area contributed by atoms with Gasteiger partial charge in [-0.05, 0) is 25.8 Å². The molecule has 0 aliphatic rings. The smallest absolute Gasteiger partial charge is 0.263 e. The first-order valence-corrected chi connectivity index (χ1v) is 9.34. The van der Waals surface area contributed by atoms with Crippen LogP contribution in [0.15, 0.2) is 22.6 Å². The van der Waals surface area contributed by atoms with Crippen molar-refractivity contribution in [1.82, 2.24) is 9.55 Å². The van der Waals surface area contributed by atoms with Gasteiger partial charge in [0, 0.05) is 23.6 Å². The van der Waals surface area contributed by atoms with Crippen LogP contribution in [0.2, 0.25) is 0 Å². The van der Waals surface area contributed by atoms with Gasteiger partial charge in [-0.15, -0.1) is 17.9 Å². The van der Waals surface area contributed by atoms with Crippen molar-refractivity contribution in [2.24, 2.45) is 5.92 Å². The van der Waals surface area contributed by atoms with Crippen molar-refractivity contribution in [2.45, 2.75) is 38.4 Å². The second-order valence-electron chi connectivity index (χ2n) is 5.40. The predicted molar refractivity (Wildman–Crippen MR) is 98.2 cm³/mol. The number of thioether (sulfide) groups is 1. The molecule has 0 aliphatic heterocycles. The van der Waals surface area contributed by atoms with Gasteiger partial charge in [-0.2, -0.15) is 10.5 Å². The Morgan fingerprint density at radius 3 is 2.83 bits per heavy atom. The van der Waals surface area contributed by atoms with Crippen molar-refractivity contribution in [3.05, 3.63) is 33.4 Å². The minimum Gasteiger partial charge on any atom is -0.283 e. The summed E-state index contributed by atoms with van der Waals surface area (Å²) >= 11 is 2.91. The van der Waals surface area contributed by atoms with Gasteiger partial charge in [0.2, 0.25) is 0 Å². The highest BCUT2D eigenvalue weighted by Crippen LogP contribution is 2.29. The molecular weight excluding hydrogens is 340 g/mol. The number of nitrogens with zero attached hydrogens (tertiary/aromatic N) is 4. The van der Waals surface area contributed by atoms with E-state index >= 15 is 0 Å². The lowest BCUT2D eigenvalue weighted by molar-refractivity contribution is 0.660. The van der Waals surface area contributed by atoms with Gasteiger partial charge in [-0.25, -0.2) is 4.98 Å². The summed E-state index contributed by atoms with van der Waals surface area (Å²) in [5, 5.41) is 19.1. The molecule has 0 N–H and O–H groups in total. The van der Waals surface area contributed by atoms with E-state index in [2.05, 4.69) is 23.7 Å². The second-order valence-corrected chi connectivity index (χ2v) is 7.59. The molecule has 2 aromatic heterocycles. The van der Waals surface area contributed by atoms with Crippen molar-refractivity contribution in [3.8, 4) is 12.1 Å². The highest BCUT2D eigenvalue weighted by atomic mass is 32.2. The summed E-state index contributed by atoms with van der Waals surface area (Å²) in [5.74, 6) is 0.280. The van der Waals surface area contributed by atoms with Gasteiger partial charge < -0.3 is 0 Å². The fraction of sp³-hybridized carbons (Fsp3) is 0.412. The molecule has 1 atom stereocenters. The molecule has 124 valence electrons. The number of thiophene rings is 1. The van der Waals surface area contributed by atoms with Gasteiger partial charge in [0.15, 0.2) is 5.16 Å². The third-order valence-electron chi connectivity index (χ3n) is 3.77. The number of aromatic nitrogens is 2. The Balaban J connectivity index is 2.40. The standard InChI is InChI=1S/C17H18N4OS2/c1-4-8-21-16(22)14-11(2)12(3)24-15(14)20-17(21)23-10-13(9-19)6-5-7-18/h4,13H,1,5-6,8,10H2,2-3H3/t13-/m1/s1. The average molecular weight is 358 g/mol. The van der Waals surface area contributed by atoms with E-state index in [-0.39, 0.29) is 11.5 Å². The monoisotopic (exact) mass is 358 g/mol. The zero-order valence-electron chi connectivity index (χ0n) is 13.7. The summed E-state index contributed by atoms with van der Waals surface area (Å²) in [6.07, 6.45) is 2.56. The predicted octanol–water partition coefficient (Wildman–Crippen LogP) is 3.80. The fourth-order valence-corrected chi connectivity index (χ4v) is 4.45. The van der Waals surface area contributed by atoms with Crippen LogP contribution in [-0.2, 0) is 6.54 Å². The summed E-state index contributed by atoms with van der Waals surface area (Å²) in [6, 6.07) is 4.28. The molecule has 0 saturated heterocycles. The summed E-state index contributed by atoms with van der Waals surface area (Å²) in [6.45, 7) is 8.02. The van der Waals surface area contributed by atoms with Gasteiger partial charge in [-0.1, -0.05) is 17.8 Å². The van der Waals surface area contributed by atoms with E-state index in [4.69, 9.17) is 5.26 Å². The SMILES string of the molecule is C=CCn1c(SC[C@@H](C#N)CCC#N)nc2sc(C)c(C)c2c1=O. The molecule has 0 radical (unpaired) electrons. The molecule has 0 fully saturated rings. The minimum absolute atomic E-state index is 0.0604. The van der Waals surface area contributed by atoms with E-state index in [0.29, 0.717) is 35.7 Å². The number of hydrogen-bond donors (Lipinski definition) is 0. The maximum absolute atomic E-state index is 12.8. The molecule has 0 aromatic carbocycles. The Morgan fingerprint density at radius 1 is 1.46 bits per heavy atom. The van der Waals surface area contributed by atoms with Crippen LogP contribution in [0, 0.1) is 42.4 Å². The minimum atomic E-state index is -0.230. The molecule has 0 spiro atoms. The van der Waals surface area contributed by atoms with Crippen LogP contribution in [0.1, 0.15) is 23.3 Å². The van der Waals surface area contributed by atoms with Crippen molar-refractivity contribution in [1.29, 1.82) is 10.5 Å². The third-order valence-corrected chi connectivity index (χ3v) is 6.01. The van der Waals surface area contributed by atoms with Crippen LogP contribution in [0.25, 0.3) is 10.2 Å². The molecule has 2 aromatic rings. The van der Waals surface area contributed by atoms with E-state index in [0.717, 1.165) is 15.3 Å². The highest BCUT2D eigenvalue weighted by Gasteiger charge is 2.17. The number of aryl methyl sites for hydroxylation is 2. The largest absolute Gasteiger partial charge is 0.283 e. The summed E-state index contributed by atoms with van der Waals surface area (Å²) in [7, 11) is 0. The number of hydrogen-bond acceptors (Lipinski definition) is 6. The molecular formula is C17H18N4OS2. The van der Waals surface area contributed by atoms with Gasteiger partial charge in [0.1, 0.15) is 4.83 Å². The molecule has 0 saturated carbocycles. The Labute approximate surface area is 149 Å². The second kappa shape index (κ2) is 8.14. The highest BCUT2D eigenvalue weighted by molar-refractivity contribution is 7.99. The van der Waals surface area contributed by atoms with E-state index in [9.17, 15) is 10.1 Å². The lowest BCUT2D eigenvalue weighted by Gasteiger charge is -2.11. The first-order chi connectivity index (χ1) is 11.5. The van der Waals surface area contributed by atoms with E-state index in [1.165, 1.54) is 23.1 Å². The van der Waals surface area contributed by atoms with E-state index in [1.54, 1.807) is 10.6 Å².